The van der Waals surface area contributed by atoms with Crippen LogP contribution in [-0.4, -0.2) is 76.0 Å². The number of aliphatic hydroxyl groups is 1. The van der Waals surface area contributed by atoms with Crippen LogP contribution in [0.5, 0.6) is 0 Å². The van der Waals surface area contributed by atoms with E-state index in [1.165, 1.54) is 29.7 Å². The van der Waals surface area contributed by atoms with E-state index in [1.54, 1.807) is 12.5 Å². The maximum atomic E-state index is 15.5. The number of alkyl halides is 1. The fourth-order valence-corrected chi connectivity index (χ4v) is 3.78. The number of nitrogens with zero attached hydrogens (tertiary/aromatic N) is 2. The van der Waals surface area contributed by atoms with Gasteiger partial charge in [0, 0.05) is 13.2 Å². The number of rotatable bonds is 11. The summed E-state index contributed by atoms with van der Waals surface area (Å²) < 4.78 is 32.6. The van der Waals surface area contributed by atoms with Crippen LogP contribution in [0.1, 0.15) is 51.0 Å². The molecule has 0 spiro atoms. The number of imidazole rings is 1. The molecule has 1 fully saturated rings. The Labute approximate surface area is 191 Å². The summed E-state index contributed by atoms with van der Waals surface area (Å²) in [4.78, 5) is 11.3. The highest BCUT2D eigenvalue weighted by molar-refractivity contribution is 8.15. The molecule has 0 saturated carbocycles. The third-order valence-corrected chi connectivity index (χ3v) is 6.00. The molecule has 11 heteroatoms. The molecule has 2 heterocycles. The van der Waals surface area contributed by atoms with Crippen molar-refractivity contribution >= 4 is 33.7 Å². The maximum Gasteiger partial charge on any atom is 0.244 e. The van der Waals surface area contributed by atoms with Crippen LogP contribution in [0.2, 0.25) is 0 Å². The highest BCUT2D eigenvalue weighted by atomic mass is 32.2. The van der Waals surface area contributed by atoms with Crippen molar-refractivity contribution in [2.45, 2.75) is 63.7 Å². The summed E-state index contributed by atoms with van der Waals surface area (Å²) in [6.07, 6.45) is 4.94. The molecule has 0 amide bonds. The van der Waals surface area contributed by atoms with Crippen molar-refractivity contribution in [2.24, 2.45) is 4.99 Å². The molecule has 1 aromatic rings. The zero-order chi connectivity index (χ0) is 22.9. The Balaban J connectivity index is 2.22. The molecule has 3 N–H and O–H groups in total. The molecule has 1 unspecified atom stereocenters. The van der Waals surface area contributed by atoms with Gasteiger partial charge in [-0.15, -0.1) is 11.8 Å². The number of aliphatic imine (C=N–C) groups is 1. The molecule has 0 aliphatic carbocycles. The fourth-order valence-electron chi connectivity index (χ4n) is 3.06. The number of thioether (sulfide) groups is 2. The standard InChI is InChI=1S/C20H33FN4O4S2/c1-5-7-9-27-12-13-15(28-10-8-6-2)16(21)20(26,29-13)14-11-23-17(24-14)18(30-3)25-19(22)31-4/h11,13,15-16,22,26H,5-10,12H2,1-4H3,(H,23,24)/b22-19?,25-18+/t13?,15-,16-,20+/m1/s1. The second-order valence-electron chi connectivity index (χ2n) is 7.15. The van der Waals surface area contributed by atoms with Gasteiger partial charge in [0.15, 0.2) is 17.2 Å². The quantitative estimate of drug-likeness (QED) is 0.254. The number of aromatic amines is 1. The van der Waals surface area contributed by atoms with Crippen molar-refractivity contribution in [1.29, 1.82) is 5.41 Å². The first kappa shape index (κ1) is 26.3. The zero-order valence-electron chi connectivity index (χ0n) is 18.5. The van der Waals surface area contributed by atoms with E-state index in [2.05, 4.69) is 21.9 Å². The maximum absolute atomic E-state index is 15.5. The van der Waals surface area contributed by atoms with Gasteiger partial charge in [0.05, 0.1) is 18.5 Å². The Morgan fingerprint density at radius 3 is 2.68 bits per heavy atom. The predicted octanol–water partition coefficient (Wildman–Crippen LogP) is 3.70. The summed E-state index contributed by atoms with van der Waals surface area (Å²) in [5.74, 6) is -1.91. The molecule has 1 aliphatic rings. The van der Waals surface area contributed by atoms with Crippen LogP contribution in [0.15, 0.2) is 11.2 Å². The molecule has 8 nitrogen and oxygen atoms in total. The summed E-state index contributed by atoms with van der Waals surface area (Å²) >= 11 is 2.49. The van der Waals surface area contributed by atoms with Gasteiger partial charge in [0.1, 0.15) is 17.3 Å². The van der Waals surface area contributed by atoms with Crippen LogP contribution in [0, 0.1) is 5.41 Å². The van der Waals surface area contributed by atoms with E-state index in [0.29, 0.717) is 24.1 Å². The minimum atomic E-state index is -2.24. The van der Waals surface area contributed by atoms with Gasteiger partial charge < -0.3 is 24.3 Å². The average molecular weight is 477 g/mol. The summed E-state index contributed by atoms with van der Waals surface area (Å²) in [5, 5.41) is 19.5. The SMILES string of the molecule is CCCCOCC1O[C@@](O)(c2cnc(/C(=N\C(=N)SC)SC)[nH]2)[C@H](F)[C@@H]1OCCCC. The van der Waals surface area contributed by atoms with Crippen molar-refractivity contribution in [3.8, 4) is 0 Å². The number of ether oxygens (including phenoxy) is 3. The van der Waals surface area contributed by atoms with E-state index in [4.69, 9.17) is 19.6 Å². The number of aromatic nitrogens is 2. The summed E-state index contributed by atoms with van der Waals surface area (Å²) in [7, 11) is 0. The lowest BCUT2D eigenvalue weighted by Gasteiger charge is -2.23. The van der Waals surface area contributed by atoms with Gasteiger partial charge in [-0.05, 0) is 25.4 Å². The molecule has 31 heavy (non-hydrogen) atoms. The van der Waals surface area contributed by atoms with Crippen molar-refractivity contribution in [1.82, 2.24) is 9.97 Å². The number of halogens is 1. The molecule has 1 aromatic heterocycles. The van der Waals surface area contributed by atoms with Crippen molar-refractivity contribution in [2.75, 3.05) is 32.3 Å². The Morgan fingerprint density at radius 1 is 1.32 bits per heavy atom. The summed E-state index contributed by atoms with van der Waals surface area (Å²) in [5.41, 5.74) is 0.0765. The van der Waals surface area contributed by atoms with Gasteiger partial charge in [-0.3, -0.25) is 5.41 Å². The first-order valence-corrected chi connectivity index (χ1v) is 12.9. The molecule has 0 radical (unpaired) electrons. The third kappa shape index (κ3) is 6.75. The molecule has 0 bridgehead atoms. The van der Waals surface area contributed by atoms with Crippen LogP contribution in [-0.2, 0) is 20.0 Å². The van der Waals surface area contributed by atoms with Gasteiger partial charge in [0.25, 0.3) is 0 Å². The number of hydrogen-bond donors (Lipinski definition) is 3. The molecule has 4 atom stereocenters. The van der Waals surface area contributed by atoms with Crippen LogP contribution in [0.25, 0.3) is 0 Å². The lowest BCUT2D eigenvalue weighted by Crippen LogP contribution is -2.39. The average Bonchev–Trinajstić information content (AvgIpc) is 3.35. The van der Waals surface area contributed by atoms with Gasteiger partial charge in [-0.1, -0.05) is 38.5 Å². The lowest BCUT2D eigenvalue weighted by atomic mass is 10.0. The molecule has 0 aromatic carbocycles. The van der Waals surface area contributed by atoms with Gasteiger partial charge in [0.2, 0.25) is 5.79 Å². The van der Waals surface area contributed by atoms with Crippen molar-refractivity contribution in [3.63, 3.8) is 0 Å². The summed E-state index contributed by atoms with van der Waals surface area (Å²) in [6.45, 7) is 5.13. The number of H-pyrrole nitrogens is 1. The third-order valence-electron chi connectivity index (χ3n) is 4.85. The topological polar surface area (TPSA) is 113 Å². The number of nitrogens with one attached hydrogen (secondary N) is 2. The van der Waals surface area contributed by atoms with E-state index in [0.717, 1.165) is 25.7 Å². The lowest BCUT2D eigenvalue weighted by molar-refractivity contribution is -0.231. The van der Waals surface area contributed by atoms with Crippen LogP contribution < -0.4 is 0 Å². The smallest absolute Gasteiger partial charge is 0.244 e. The van der Waals surface area contributed by atoms with Crippen LogP contribution >= 0.6 is 23.5 Å². The minimum absolute atomic E-state index is 0.0765. The van der Waals surface area contributed by atoms with Crippen LogP contribution in [0.3, 0.4) is 0 Å². The van der Waals surface area contributed by atoms with Gasteiger partial charge in [-0.25, -0.2) is 14.4 Å². The van der Waals surface area contributed by atoms with Crippen molar-refractivity contribution < 1.29 is 23.7 Å². The van der Waals surface area contributed by atoms with E-state index in [9.17, 15) is 5.11 Å². The monoisotopic (exact) mass is 476 g/mol. The Hall–Kier alpha value is -0.980. The number of hydrogen-bond acceptors (Lipinski definition) is 8. The Bertz CT molecular complexity index is 736. The van der Waals surface area contributed by atoms with E-state index >= 15 is 4.39 Å². The van der Waals surface area contributed by atoms with E-state index < -0.39 is 24.2 Å². The minimum Gasteiger partial charge on any atom is -0.379 e. The van der Waals surface area contributed by atoms with Gasteiger partial charge in [-0.2, -0.15) is 0 Å². The molecule has 1 saturated heterocycles. The normalized spacial score (nSPS) is 26.5. The van der Waals surface area contributed by atoms with E-state index in [1.807, 2.05) is 6.92 Å². The predicted molar refractivity (Wildman–Crippen MR) is 124 cm³/mol. The molecular weight excluding hydrogens is 443 g/mol. The highest BCUT2D eigenvalue weighted by Gasteiger charge is 2.58. The second-order valence-corrected chi connectivity index (χ2v) is 8.74. The van der Waals surface area contributed by atoms with Crippen LogP contribution in [0.4, 0.5) is 4.39 Å². The highest BCUT2D eigenvalue weighted by Crippen LogP contribution is 2.40. The Morgan fingerprint density at radius 2 is 2.03 bits per heavy atom. The largest absolute Gasteiger partial charge is 0.379 e. The van der Waals surface area contributed by atoms with Crippen molar-refractivity contribution in [3.05, 3.63) is 17.7 Å². The fraction of sp³-hybridized carbons (Fsp3) is 0.750. The molecule has 1 aliphatic heterocycles. The van der Waals surface area contributed by atoms with Gasteiger partial charge >= 0.3 is 0 Å². The molecular formula is C20H33FN4O4S2. The zero-order valence-corrected chi connectivity index (χ0v) is 20.2. The Kier molecular flexibility index (Phi) is 10.9. The summed E-state index contributed by atoms with van der Waals surface area (Å²) in [6, 6.07) is 0. The first-order chi connectivity index (χ1) is 14.9. The number of unbranched alkanes of at least 4 members (excludes halogenated alkanes) is 2. The van der Waals surface area contributed by atoms with E-state index in [-0.39, 0.29) is 17.5 Å². The molecule has 2 rings (SSSR count). The molecule has 176 valence electrons. The number of amidine groups is 1. The second kappa shape index (κ2) is 12.9. The first-order valence-electron chi connectivity index (χ1n) is 10.5.